The molecule has 0 amide bonds. The zero-order valence-corrected chi connectivity index (χ0v) is 12.9. The average molecular weight is 304 g/mol. The summed E-state index contributed by atoms with van der Waals surface area (Å²) in [5.41, 5.74) is 7.06. The molecule has 0 aliphatic rings. The first kappa shape index (κ1) is 15.1. The molecule has 2 aromatic rings. The van der Waals surface area contributed by atoms with E-state index in [1.54, 1.807) is 32.4 Å². The zero-order valence-electron chi connectivity index (χ0n) is 12.0. The number of para-hydroxylation sites is 1. The Labute approximate surface area is 128 Å². The molecule has 2 rings (SSSR count). The second-order valence-corrected chi connectivity index (χ2v) is 4.70. The van der Waals surface area contributed by atoms with Gasteiger partial charge in [-0.05, 0) is 31.2 Å². The number of nitrogens with zero attached hydrogens (tertiary/aromatic N) is 1. The molecule has 5 nitrogen and oxygen atoms in total. The molecule has 0 saturated carbocycles. The van der Waals surface area contributed by atoms with Gasteiger partial charge in [0.05, 0.1) is 19.8 Å². The minimum atomic E-state index is 0.214. The minimum Gasteiger partial charge on any atom is -0.493 e. The fraction of sp³-hybridized carbons (Fsp3) is 0.200. The molecule has 21 heavy (non-hydrogen) atoms. The van der Waals surface area contributed by atoms with Crippen LogP contribution in [-0.4, -0.2) is 24.2 Å². The Morgan fingerprint density at radius 1 is 1.10 bits per heavy atom. The highest BCUT2D eigenvalue weighted by atomic mass is 32.1. The number of hydrogen-bond donors (Lipinski definition) is 1. The highest BCUT2D eigenvalue weighted by Gasteiger charge is 2.16. The van der Waals surface area contributed by atoms with E-state index >= 15 is 0 Å². The van der Waals surface area contributed by atoms with Crippen LogP contribution in [0.4, 0.5) is 0 Å². The summed E-state index contributed by atoms with van der Waals surface area (Å²) in [6.45, 7) is 1.86. The molecule has 0 bridgehead atoms. The van der Waals surface area contributed by atoms with Crippen molar-refractivity contribution in [2.45, 2.75) is 6.92 Å². The molecule has 0 aliphatic heterocycles. The molecule has 6 heteroatoms. The van der Waals surface area contributed by atoms with Gasteiger partial charge in [-0.1, -0.05) is 18.3 Å². The molecule has 0 saturated heterocycles. The molecule has 0 aliphatic carbocycles. The molecule has 0 spiro atoms. The zero-order chi connectivity index (χ0) is 15.4. The van der Waals surface area contributed by atoms with Gasteiger partial charge in [0.2, 0.25) is 11.6 Å². The molecule has 0 radical (unpaired) electrons. The van der Waals surface area contributed by atoms with E-state index in [1.807, 2.05) is 19.1 Å². The summed E-state index contributed by atoms with van der Waals surface area (Å²) >= 11 is 5.03. The van der Waals surface area contributed by atoms with Crippen LogP contribution in [-0.2, 0) is 0 Å². The van der Waals surface area contributed by atoms with E-state index in [-0.39, 0.29) is 4.99 Å². The van der Waals surface area contributed by atoms with Crippen LogP contribution in [0, 0.1) is 6.92 Å². The van der Waals surface area contributed by atoms with E-state index in [9.17, 15) is 0 Å². The third kappa shape index (κ3) is 3.22. The number of methoxy groups -OCH3 is 2. The highest BCUT2D eigenvalue weighted by molar-refractivity contribution is 7.80. The van der Waals surface area contributed by atoms with Crippen LogP contribution >= 0.6 is 12.2 Å². The number of rotatable bonds is 5. The van der Waals surface area contributed by atoms with Crippen LogP contribution in [0.3, 0.4) is 0 Å². The van der Waals surface area contributed by atoms with Crippen LogP contribution < -0.4 is 19.9 Å². The molecule has 1 aromatic carbocycles. The molecular formula is C15H16N2O3S. The highest BCUT2D eigenvalue weighted by Crippen LogP contribution is 2.40. The van der Waals surface area contributed by atoms with Crippen molar-refractivity contribution in [1.82, 2.24) is 4.98 Å². The van der Waals surface area contributed by atoms with Gasteiger partial charge in [-0.2, -0.15) is 0 Å². The fourth-order valence-corrected chi connectivity index (χ4v) is 1.97. The Bertz CT molecular complexity index is 652. The van der Waals surface area contributed by atoms with Crippen molar-refractivity contribution in [3.63, 3.8) is 0 Å². The van der Waals surface area contributed by atoms with Gasteiger partial charge in [0.1, 0.15) is 4.99 Å². The van der Waals surface area contributed by atoms with Crippen LogP contribution in [0.5, 0.6) is 23.1 Å². The Morgan fingerprint density at radius 2 is 1.71 bits per heavy atom. The van der Waals surface area contributed by atoms with Gasteiger partial charge in [0.15, 0.2) is 11.5 Å². The predicted octanol–water partition coefficient (Wildman–Crippen LogP) is 2.83. The van der Waals surface area contributed by atoms with E-state index in [2.05, 4.69) is 4.98 Å². The van der Waals surface area contributed by atoms with Crippen LogP contribution in [0.25, 0.3) is 0 Å². The molecule has 0 atom stereocenters. The van der Waals surface area contributed by atoms with Gasteiger partial charge in [-0.3, -0.25) is 0 Å². The third-order valence-corrected chi connectivity index (χ3v) is 3.07. The molecule has 1 aromatic heterocycles. The maximum absolute atomic E-state index is 5.87. The fourth-order valence-electron chi connectivity index (χ4n) is 1.81. The second kappa shape index (κ2) is 6.41. The number of ether oxygens (including phenoxy) is 3. The maximum atomic E-state index is 5.87. The lowest BCUT2D eigenvalue weighted by Gasteiger charge is -2.15. The van der Waals surface area contributed by atoms with Crippen molar-refractivity contribution in [3.8, 4) is 23.1 Å². The summed E-state index contributed by atoms with van der Waals surface area (Å²) in [7, 11) is 3.11. The Balaban J connectivity index is 2.52. The SMILES string of the molecule is COc1cccc(OC)c1Oc1nc(C)ccc1C(N)=S. The number of aromatic nitrogens is 1. The van der Waals surface area contributed by atoms with Crippen molar-refractivity contribution < 1.29 is 14.2 Å². The van der Waals surface area contributed by atoms with Crippen molar-refractivity contribution in [3.05, 3.63) is 41.6 Å². The summed E-state index contributed by atoms with van der Waals surface area (Å²) in [4.78, 5) is 4.55. The van der Waals surface area contributed by atoms with Crippen molar-refractivity contribution >= 4 is 17.2 Å². The monoisotopic (exact) mass is 304 g/mol. The Morgan fingerprint density at radius 3 is 2.24 bits per heavy atom. The Hall–Kier alpha value is -2.34. The van der Waals surface area contributed by atoms with Crippen molar-refractivity contribution in [1.29, 1.82) is 0 Å². The number of thiocarbonyl (C=S) groups is 1. The third-order valence-electron chi connectivity index (χ3n) is 2.85. The standard InChI is InChI=1S/C15H16N2O3S/c1-9-7-8-10(14(16)21)15(17-9)20-13-11(18-2)5-4-6-12(13)19-3/h4-8H,1-3H3,(H2,16,21). The summed E-state index contributed by atoms with van der Waals surface area (Å²) in [5.74, 6) is 1.82. The van der Waals surface area contributed by atoms with Gasteiger partial charge >= 0.3 is 0 Å². The average Bonchev–Trinajstić information content (AvgIpc) is 2.47. The van der Waals surface area contributed by atoms with Crippen molar-refractivity contribution in [2.75, 3.05) is 14.2 Å². The molecule has 1 heterocycles. The van der Waals surface area contributed by atoms with E-state index in [4.69, 9.17) is 32.2 Å². The quantitative estimate of drug-likeness (QED) is 0.857. The smallest absolute Gasteiger partial charge is 0.230 e. The summed E-state index contributed by atoms with van der Waals surface area (Å²) in [5, 5.41) is 0. The van der Waals surface area contributed by atoms with Crippen LogP contribution in [0.2, 0.25) is 0 Å². The first-order chi connectivity index (χ1) is 10.1. The normalized spacial score (nSPS) is 10.0. The van der Waals surface area contributed by atoms with Crippen LogP contribution in [0.15, 0.2) is 30.3 Å². The lowest BCUT2D eigenvalue weighted by molar-refractivity contribution is 0.341. The second-order valence-electron chi connectivity index (χ2n) is 4.26. The van der Waals surface area contributed by atoms with E-state index in [0.29, 0.717) is 28.7 Å². The lowest BCUT2D eigenvalue weighted by atomic mass is 10.2. The number of nitrogens with two attached hydrogens (primary N) is 1. The van der Waals surface area contributed by atoms with Gasteiger partial charge < -0.3 is 19.9 Å². The van der Waals surface area contributed by atoms with Gasteiger partial charge in [0, 0.05) is 5.69 Å². The molecule has 110 valence electrons. The van der Waals surface area contributed by atoms with E-state index in [0.717, 1.165) is 5.69 Å². The van der Waals surface area contributed by atoms with Gasteiger partial charge in [0.25, 0.3) is 0 Å². The summed E-state index contributed by atoms with van der Waals surface area (Å²) < 4.78 is 16.5. The number of hydrogen-bond acceptors (Lipinski definition) is 5. The molecular weight excluding hydrogens is 288 g/mol. The van der Waals surface area contributed by atoms with Gasteiger partial charge in [-0.15, -0.1) is 0 Å². The lowest BCUT2D eigenvalue weighted by Crippen LogP contribution is -2.12. The van der Waals surface area contributed by atoms with E-state index in [1.165, 1.54) is 0 Å². The summed E-state index contributed by atoms with van der Waals surface area (Å²) in [6, 6.07) is 8.95. The maximum Gasteiger partial charge on any atom is 0.230 e. The Kier molecular flexibility index (Phi) is 4.59. The largest absolute Gasteiger partial charge is 0.493 e. The number of benzene rings is 1. The molecule has 0 fully saturated rings. The van der Waals surface area contributed by atoms with Crippen LogP contribution in [0.1, 0.15) is 11.3 Å². The topological polar surface area (TPSA) is 66.6 Å². The summed E-state index contributed by atoms with van der Waals surface area (Å²) in [6.07, 6.45) is 0. The number of aryl methyl sites for hydroxylation is 1. The van der Waals surface area contributed by atoms with Gasteiger partial charge in [-0.25, -0.2) is 4.98 Å². The molecule has 2 N–H and O–H groups in total. The van der Waals surface area contributed by atoms with Crippen molar-refractivity contribution in [2.24, 2.45) is 5.73 Å². The molecule has 0 unspecified atom stereocenters. The van der Waals surface area contributed by atoms with E-state index < -0.39 is 0 Å². The first-order valence-electron chi connectivity index (χ1n) is 6.23. The predicted molar refractivity (Wildman–Crippen MR) is 84.5 cm³/mol. The minimum absolute atomic E-state index is 0.214. The number of pyridine rings is 1. The first-order valence-corrected chi connectivity index (χ1v) is 6.64.